The minimum Gasteiger partial charge on any atom is -0.379 e. The zero-order valence-electron chi connectivity index (χ0n) is 86.6. The summed E-state index contributed by atoms with van der Waals surface area (Å²) in [6.45, 7) is 36.2. The number of ether oxygens (including phenoxy) is 1. The lowest BCUT2D eigenvalue weighted by atomic mass is 9.54. The first-order chi connectivity index (χ1) is 69.9. The van der Waals surface area contributed by atoms with Crippen LogP contribution in [0.25, 0.3) is 84.1 Å². The van der Waals surface area contributed by atoms with Crippen molar-refractivity contribution < 1.29 is 4.74 Å². The van der Waals surface area contributed by atoms with Gasteiger partial charge in [0.25, 0.3) is 27.8 Å². The van der Waals surface area contributed by atoms with Crippen molar-refractivity contribution >= 4 is 29.1 Å². The third kappa shape index (κ3) is 26.0. The van der Waals surface area contributed by atoms with Crippen LogP contribution in [0.4, 0.5) is 29.1 Å². The van der Waals surface area contributed by atoms with Gasteiger partial charge in [0.05, 0.1) is 72.1 Å². The molecule has 0 amide bonds. The average molecular weight is 1960 g/mol. The molecule has 0 bridgehead atoms. The number of aromatic nitrogens is 20. The number of nitrogens with one attached hydrogen (secondary N) is 5. The van der Waals surface area contributed by atoms with Crippen molar-refractivity contribution in [2.45, 2.75) is 270 Å². The van der Waals surface area contributed by atoms with E-state index >= 15 is 0 Å². The van der Waals surface area contributed by atoms with Gasteiger partial charge in [0.15, 0.2) is 0 Å². The molecular weight excluding hydrogens is 1820 g/mol. The van der Waals surface area contributed by atoms with Gasteiger partial charge in [-0.2, -0.15) is 25.5 Å². The molecule has 31 heteroatoms. The molecule has 1 saturated heterocycles. The summed E-state index contributed by atoms with van der Waals surface area (Å²) in [5.74, 6) is 6.69. The van der Waals surface area contributed by atoms with Crippen LogP contribution in [-0.2, 0) is 37.5 Å². The Hall–Kier alpha value is -14.5. The number of rotatable bonds is 30. The summed E-state index contributed by atoms with van der Waals surface area (Å²) in [7, 11) is 0. The van der Waals surface area contributed by atoms with Gasteiger partial charge in [-0.1, -0.05) is 88.5 Å². The number of hydrogen-bond acceptors (Lipinski definition) is 21. The zero-order chi connectivity index (χ0) is 102. The summed E-state index contributed by atoms with van der Waals surface area (Å²) in [6, 6.07) is 38.4. The van der Waals surface area contributed by atoms with Crippen LogP contribution in [-0.4, -0.2) is 140 Å². The molecule has 21 rings (SSSR count). The second kappa shape index (κ2) is 46.1. The second-order valence-electron chi connectivity index (χ2n) is 42.4. The van der Waals surface area contributed by atoms with Crippen LogP contribution in [0, 0.1) is 69.6 Å². The molecule has 758 valence electrons. The Morgan fingerprint density at radius 2 is 0.579 bits per heavy atom. The minimum absolute atomic E-state index is 0.00521. The monoisotopic (exact) mass is 1960 g/mol. The standard InChI is InChI=1S/C25H31N5O.C23H29N5O.C22H27N5O2.2C22H27N5O/c1-17(2)14-29-16-21(5-8-24(29)31)30-15-19(13-26-30)22-6-7-23(27-18(22)3)28-20-11-25(12-20)9-4-10-25;1-16(2)13-27-15-20(8-11-23(27)29)28-14-18(12-24-28)21-9-10-22(25-17(21)3)26-19-6-4-5-7-19;1-15(2)11-26-13-19(4-7-22(26)28)27-12-17(10-23-27)20-5-6-21(24-16(20)3)25-18-8-9-29-14-18;1-15(2)12-26-14-19(7-10-22(26)28)27-13-17(11-23-27)20-8-9-21(24-16(20)3)25-18-5-4-6-18;1-15(2)12-26-14-19(7-8-22(26)28)27-13-17(10-24-27)20-11-23-21(9-16(20)3)25-18-5-4-6-18/h5-8,13,15-17,20H,4,9-12,14H2,1-3H3,(H,27,28);8-12,14-16,19H,4-7,13H2,1-3H3,(H,25,26);4-7,10,12-13,15,18H,8-9,11,14H2,1-3H3,(H,24,25);7-11,13-15,18H,4-6,12H2,1-3H3,(H,24,25);7-11,13-15,18H,4-6,12H2,1-3H3,(H,23,25). The maximum atomic E-state index is 12.1. The van der Waals surface area contributed by atoms with Crippen LogP contribution in [0.2, 0.25) is 0 Å². The smallest absolute Gasteiger partial charge is 0.250 e. The zero-order valence-corrected chi connectivity index (χ0v) is 86.6. The summed E-state index contributed by atoms with van der Waals surface area (Å²) >= 11 is 0. The molecule has 1 spiro atoms. The quantitative estimate of drug-likeness (QED) is 0.0279. The molecule has 16 heterocycles. The molecule has 1 atom stereocenters. The lowest BCUT2D eigenvalue weighted by molar-refractivity contribution is 0.0191. The molecule has 5 aliphatic carbocycles. The number of pyridine rings is 10. The van der Waals surface area contributed by atoms with Crippen molar-refractivity contribution in [2.24, 2.45) is 35.0 Å². The molecule has 31 nitrogen and oxygen atoms in total. The van der Waals surface area contributed by atoms with Crippen molar-refractivity contribution in [3.8, 4) is 84.1 Å². The summed E-state index contributed by atoms with van der Waals surface area (Å²) in [6.07, 6.45) is 50.9. The molecule has 1 aliphatic heterocycles. The van der Waals surface area contributed by atoms with Crippen LogP contribution >= 0.6 is 0 Å². The Bertz CT molecular complexity index is 6950. The molecule has 6 aliphatic rings. The van der Waals surface area contributed by atoms with Crippen LogP contribution < -0.4 is 54.4 Å². The van der Waals surface area contributed by atoms with Gasteiger partial charge in [0, 0.05) is 240 Å². The first-order valence-corrected chi connectivity index (χ1v) is 52.0. The van der Waals surface area contributed by atoms with Crippen molar-refractivity contribution in [3.63, 3.8) is 0 Å². The van der Waals surface area contributed by atoms with Crippen LogP contribution in [0.3, 0.4) is 0 Å². The fourth-order valence-corrected chi connectivity index (χ4v) is 19.7. The normalized spacial score (nSPS) is 15.5. The number of nitrogens with zero attached hydrogens (tertiary/aromatic N) is 20. The molecule has 145 heavy (non-hydrogen) atoms. The van der Waals surface area contributed by atoms with Gasteiger partial charge < -0.3 is 54.2 Å². The van der Waals surface area contributed by atoms with Crippen LogP contribution in [0.5, 0.6) is 0 Å². The van der Waals surface area contributed by atoms with E-state index in [0.29, 0.717) is 97.9 Å². The SMILES string of the molecule is Cc1cc(NC2CCC2)ncc1-c1cnn(-c2ccc(=O)n(CC(C)C)c2)c1.Cc1nc(NC2CC3(CCC3)C2)ccc1-c1cnn(-c2ccc(=O)n(CC(C)C)c2)c1.Cc1nc(NC2CCC2)ccc1-c1cnn(-c2ccc(=O)n(CC(C)C)c2)c1.Cc1nc(NC2CCCC2)ccc1-c1cnn(-c2ccc(=O)n(CC(C)C)c2)c1.Cc1nc(NC2CCOC2)ccc1-c1cnn(-c2ccc(=O)n(CC(C)C)c2)c1. The lowest BCUT2D eigenvalue weighted by Gasteiger charge is -2.54. The summed E-state index contributed by atoms with van der Waals surface area (Å²) < 4.78 is 23.2. The predicted octanol–water partition coefficient (Wildman–Crippen LogP) is 20.5. The van der Waals surface area contributed by atoms with E-state index in [0.717, 1.165) is 156 Å². The maximum absolute atomic E-state index is 12.1. The fraction of sp³-hybridized carbons (Fsp3) is 0.430. The van der Waals surface area contributed by atoms with E-state index in [1.54, 1.807) is 63.9 Å². The third-order valence-corrected chi connectivity index (χ3v) is 27.9. The average Bonchev–Trinajstić information content (AvgIpc) is 1.60. The molecular formula is C114H141N25O6. The maximum Gasteiger partial charge on any atom is 0.250 e. The number of aryl methyl sites for hydroxylation is 5. The van der Waals surface area contributed by atoms with E-state index in [2.05, 4.69) is 183 Å². The van der Waals surface area contributed by atoms with E-state index < -0.39 is 0 Å². The molecule has 1 unspecified atom stereocenters. The molecule has 6 fully saturated rings. The van der Waals surface area contributed by atoms with Crippen molar-refractivity contribution in [3.05, 3.63) is 295 Å². The van der Waals surface area contributed by atoms with Gasteiger partial charge in [0.2, 0.25) is 0 Å². The second-order valence-corrected chi connectivity index (χ2v) is 42.4. The van der Waals surface area contributed by atoms with Gasteiger partial charge in [-0.25, -0.2) is 48.3 Å². The molecule has 0 aromatic carbocycles. The van der Waals surface area contributed by atoms with E-state index in [9.17, 15) is 24.0 Å². The highest BCUT2D eigenvalue weighted by Crippen LogP contribution is 2.56. The van der Waals surface area contributed by atoms with Gasteiger partial charge in [0.1, 0.15) is 29.1 Å². The van der Waals surface area contributed by atoms with Crippen molar-refractivity contribution in [1.82, 2.24) is 96.7 Å². The fourth-order valence-electron chi connectivity index (χ4n) is 19.7. The van der Waals surface area contributed by atoms with Crippen molar-refractivity contribution in [2.75, 3.05) is 39.8 Å². The molecule has 0 radical (unpaired) electrons. The first-order valence-electron chi connectivity index (χ1n) is 52.0. The number of anilines is 5. The van der Waals surface area contributed by atoms with E-state index in [-0.39, 0.29) is 27.8 Å². The van der Waals surface area contributed by atoms with Gasteiger partial charge in [-0.05, 0) is 244 Å². The van der Waals surface area contributed by atoms with Gasteiger partial charge >= 0.3 is 0 Å². The molecule has 5 N–H and O–H groups in total. The van der Waals surface area contributed by atoms with E-state index in [4.69, 9.17) is 24.7 Å². The Kier molecular flexibility index (Phi) is 32.4. The topological polar surface area (TPSA) is 333 Å². The third-order valence-electron chi connectivity index (χ3n) is 27.9. The Balaban J connectivity index is 0.000000124. The highest BCUT2D eigenvalue weighted by molar-refractivity contribution is 5.71. The van der Waals surface area contributed by atoms with E-state index in [1.165, 1.54) is 102 Å². The van der Waals surface area contributed by atoms with Crippen LogP contribution in [0.1, 0.15) is 200 Å². The predicted molar refractivity (Wildman–Crippen MR) is 577 cm³/mol. The number of hydrogen-bond donors (Lipinski definition) is 5. The Morgan fingerprint density at radius 1 is 0.303 bits per heavy atom. The first kappa shape index (κ1) is 102. The Morgan fingerprint density at radius 3 is 0.828 bits per heavy atom. The highest BCUT2D eigenvalue weighted by Gasteiger charge is 2.48. The van der Waals surface area contributed by atoms with E-state index in [1.807, 2.05) is 175 Å². The Labute approximate surface area is 848 Å². The lowest BCUT2D eigenvalue weighted by Crippen LogP contribution is -2.49. The molecule has 15 aromatic heterocycles. The van der Waals surface area contributed by atoms with Crippen LogP contribution in [0.15, 0.2) is 238 Å². The molecule has 5 saturated carbocycles. The summed E-state index contributed by atoms with van der Waals surface area (Å²) in [4.78, 5) is 84.0. The minimum atomic E-state index is 0.00521. The van der Waals surface area contributed by atoms with Crippen molar-refractivity contribution in [1.29, 1.82) is 0 Å². The van der Waals surface area contributed by atoms with Gasteiger partial charge in [-0.15, -0.1) is 0 Å². The molecule has 15 aromatic rings. The largest absolute Gasteiger partial charge is 0.379 e. The van der Waals surface area contributed by atoms with Gasteiger partial charge in [-0.3, -0.25) is 24.0 Å². The summed E-state index contributed by atoms with van der Waals surface area (Å²) in [5.41, 5.74) is 20.6. The highest BCUT2D eigenvalue weighted by atomic mass is 16.5. The summed E-state index contributed by atoms with van der Waals surface area (Å²) in [5, 5.41) is 40.1.